The summed E-state index contributed by atoms with van der Waals surface area (Å²) in [6.45, 7) is 2.65. The fraction of sp³-hybridized carbons (Fsp3) is 0.158. The molecule has 4 nitrogen and oxygen atoms in total. The molecule has 0 aliphatic rings. The van der Waals surface area contributed by atoms with Crippen molar-refractivity contribution < 1.29 is 13.9 Å². The number of halogens is 2. The smallest absolute Gasteiger partial charge is 0.270 e. The van der Waals surface area contributed by atoms with Crippen LogP contribution in [0.4, 0.5) is 4.39 Å². The summed E-state index contributed by atoms with van der Waals surface area (Å²) >= 11 is 7.07. The molecule has 0 saturated carbocycles. The summed E-state index contributed by atoms with van der Waals surface area (Å²) in [5.41, 5.74) is 1.56. The number of hydrogen-bond donors (Lipinski definition) is 1. The van der Waals surface area contributed by atoms with Gasteiger partial charge in [-0.25, -0.2) is 9.37 Å². The fourth-order valence-corrected chi connectivity index (χ4v) is 3.21. The predicted molar refractivity (Wildman–Crippen MR) is 101 cm³/mol. The molecule has 0 spiro atoms. The molecule has 0 saturated heterocycles. The number of amides is 1. The van der Waals surface area contributed by atoms with E-state index in [1.807, 2.05) is 19.1 Å². The van der Waals surface area contributed by atoms with E-state index in [9.17, 15) is 9.18 Å². The van der Waals surface area contributed by atoms with E-state index >= 15 is 0 Å². The van der Waals surface area contributed by atoms with Crippen molar-refractivity contribution in [3.05, 3.63) is 69.9 Å². The Kier molecular flexibility index (Phi) is 5.85. The van der Waals surface area contributed by atoms with Crippen molar-refractivity contribution in [1.29, 1.82) is 0 Å². The molecule has 1 N–H and O–H groups in total. The van der Waals surface area contributed by atoms with Crippen molar-refractivity contribution in [3.63, 3.8) is 0 Å². The quantitative estimate of drug-likeness (QED) is 0.649. The molecule has 26 heavy (non-hydrogen) atoms. The van der Waals surface area contributed by atoms with Gasteiger partial charge < -0.3 is 10.1 Å². The first-order valence-electron chi connectivity index (χ1n) is 7.97. The number of carbonyl (C=O) groups is 1. The summed E-state index contributed by atoms with van der Waals surface area (Å²) in [4.78, 5) is 16.0. The van der Waals surface area contributed by atoms with Crippen LogP contribution < -0.4 is 10.1 Å². The van der Waals surface area contributed by atoms with Crippen molar-refractivity contribution in [3.8, 4) is 16.3 Å². The molecule has 0 unspecified atom stereocenters. The van der Waals surface area contributed by atoms with Crippen LogP contribution >= 0.6 is 22.9 Å². The molecule has 0 aliphatic heterocycles. The van der Waals surface area contributed by atoms with Crippen LogP contribution in [-0.2, 0) is 6.61 Å². The Labute approximate surface area is 159 Å². The average molecular weight is 391 g/mol. The summed E-state index contributed by atoms with van der Waals surface area (Å²) in [6.07, 6.45) is 0. The van der Waals surface area contributed by atoms with E-state index in [2.05, 4.69) is 10.3 Å². The molecule has 3 rings (SSSR count). The van der Waals surface area contributed by atoms with Gasteiger partial charge in [-0.05, 0) is 36.8 Å². The minimum absolute atomic E-state index is 0.265. The molecule has 2 aromatic carbocycles. The van der Waals surface area contributed by atoms with E-state index in [4.69, 9.17) is 16.3 Å². The normalized spacial score (nSPS) is 10.6. The van der Waals surface area contributed by atoms with E-state index in [1.54, 1.807) is 29.6 Å². The Morgan fingerprint density at radius 2 is 2.04 bits per heavy atom. The second-order valence-corrected chi connectivity index (χ2v) is 6.75. The minimum atomic E-state index is -0.449. The first-order valence-corrected chi connectivity index (χ1v) is 9.23. The highest BCUT2D eigenvalue weighted by Crippen LogP contribution is 2.29. The van der Waals surface area contributed by atoms with E-state index in [1.165, 1.54) is 17.4 Å². The van der Waals surface area contributed by atoms with Crippen molar-refractivity contribution >= 4 is 28.8 Å². The molecule has 0 fully saturated rings. The summed E-state index contributed by atoms with van der Waals surface area (Å²) in [5.74, 6) is -0.296. The molecule has 134 valence electrons. The zero-order valence-corrected chi connectivity index (χ0v) is 15.5. The van der Waals surface area contributed by atoms with Crippen LogP contribution in [0.25, 0.3) is 10.6 Å². The third-order valence-corrected chi connectivity index (χ3v) is 4.69. The van der Waals surface area contributed by atoms with Gasteiger partial charge in [0.1, 0.15) is 28.9 Å². The Morgan fingerprint density at radius 3 is 2.73 bits per heavy atom. The predicted octanol–water partition coefficient (Wildman–Crippen LogP) is 4.93. The van der Waals surface area contributed by atoms with Gasteiger partial charge in [-0.15, -0.1) is 11.3 Å². The average Bonchev–Trinajstić information content (AvgIpc) is 3.11. The lowest BCUT2D eigenvalue weighted by Crippen LogP contribution is -2.22. The number of ether oxygens (including phenoxy) is 1. The van der Waals surface area contributed by atoms with E-state index in [0.29, 0.717) is 34.5 Å². The molecular formula is C19H16ClFN2O2S. The Bertz CT molecular complexity index is 912. The number of carbonyl (C=O) groups excluding carboxylic acids is 1. The van der Waals surface area contributed by atoms with Crippen LogP contribution in [-0.4, -0.2) is 17.4 Å². The monoisotopic (exact) mass is 390 g/mol. The van der Waals surface area contributed by atoms with E-state index in [-0.39, 0.29) is 11.6 Å². The molecule has 0 bridgehead atoms. The molecular weight excluding hydrogens is 375 g/mol. The van der Waals surface area contributed by atoms with E-state index < -0.39 is 5.82 Å². The molecule has 1 amide bonds. The lowest BCUT2D eigenvalue weighted by atomic mass is 10.2. The molecule has 1 aromatic heterocycles. The summed E-state index contributed by atoms with van der Waals surface area (Å²) in [5, 5.41) is 5.39. The van der Waals surface area contributed by atoms with Gasteiger partial charge in [0.15, 0.2) is 0 Å². The zero-order valence-electron chi connectivity index (χ0n) is 14.0. The van der Waals surface area contributed by atoms with Crippen LogP contribution in [0.15, 0.2) is 47.8 Å². The molecule has 0 radical (unpaired) electrons. The highest BCUT2D eigenvalue weighted by Gasteiger charge is 2.14. The second-order valence-electron chi connectivity index (χ2n) is 5.45. The van der Waals surface area contributed by atoms with Crippen molar-refractivity contribution in [2.75, 3.05) is 6.54 Å². The van der Waals surface area contributed by atoms with Gasteiger partial charge in [-0.1, -0.05) is 23.7 Å². The molecule has 1 heterocycles. The maximum atomic E-state index is 14.4. The van der Waals surface area contributed by atoms with Gasteiger partial charge >= 0.3 is 0 Å². The Hall–Kier alpha value is -2.44. The Morgan fingerprint density at radius 1 is 1.27 bits per heavy atom. The first kappa shape index (κ1) is 18.4. The lowest BCUT2D eigenvalue weighted by molar-refractivity contribution is 0.0951. The highest BCUT2D eigenvalue weighted by atomic mass is 35.5. The lowest BCUT2D eigenvalue weighted by Gasteiger charge is -2.08. The summed E-state index contributed by atoms with van der Waals surface area (Å²) < 4.78 is 20.1. The third kappa shape index (κ3) is 4.39. The molecule has 3 aromatic rings. The van der Waals surface area contributed by atoms with Crippen LogP contribution in [0.1, 0.15) is 23.0 Å². The molecule has 7 heteroatoms. The standard InChI is InChI=1S/C19H16ClFN2O2S/c1-2-22-18(24)17-11-26-19(23-17)15-8-7-14(9-16(15)21)25-10-12-3-5-13(20)6-4-12/h3-9,11H,2,10H2,1H3,(H,22,24). The molecule has 0 atom stereocenters. The van der Waals surface area contributed by atoms with Crippen LogP contribution in [0.5, 0.6) is 5.75 Å². The number of aromatic nitrogens is 1. The first-order chi connectivity index (χ1) is 12.6. The van der Waals surface area contributed by atoms with Crippen molar-refractivity contribution in [2.45, 2.75) is 13.5 Å². The maximum Gasteiger partial charge on any atom is 0.270 e. The topological polar surface area (TPSA) is 51.2 Å². The largest absolute Gasteiger partial charge is 0.489 e. The maximum absolute atomic E-state index is 14.4. The summed E-state index contributed by atoms with van der Waals surface area (Å²) in [6, 6.07) is 11.9. The van der Waals surface area contributed by atoms with Crippen molar-refractivity contribution in [1.82, 2.24) is 10.3 Å². The van der Waals surface area contributed by atoms with Crippen molar-refractivity contribution in [2.24, 2.45) is 0 Å². The van der Waals surface area contributed by atoms with Crippen LogP contribution in [0.3, 0.4) is 0 Å². The second kappa shape index (κ2) is 8.29. The number of hydrogen-bond acceptors (Lipinski definition) is 4. The van der Waals surface area contributed by atoms with Crippen LogP contribution in [0, 0.1) is 5.82 Å². The van der Waals surface area contributed by atoms with Crippen LogP contribution in [0.2, 0.25) is 5.02 Å². The number of thiazole rings is 1. The fourth-order valence-electron chi connectivity index (χ4n) is 2.26. The van der Waals surface area contributed by atoms with Gasteiger partial charge in [0.05, 0.1) is 0 Å². The summed E-state index contributed by atoms with van der Waals surface area (Å²) in [7, 11) is 0. The van der Waals surface area contributed by atoms with Gasteiger partial charge in [-0.2, -0.15) is 0 Å². The number of benzene rings is 2. The minimum Gasteiger partial charge on any atom is -0.489 e. The van der Waals surface area contributed by atoms with E-state index in [0.717, 1.165) is 5.56 Å². The number of rotatable bonds is 6. The highest BCUT2D eigenvalue weighted by molar-refractivity contribution is 7.13. The third-order valence-electron chi connectivity index (χ3n) is 3.56. The van der Waals surface area contributed by atoms with Gasteiger partial charge in [0.25, 0.3) is 5.91 Å². The molecule has 0 aliphatic carbocycles. The zero-order chi connectivity index (χ0) is 18.5. The SMILES string of the molecule is CCNC(=O)c1csc(-c2ccc(OCc3ccc(Cl)cc3)cc2F)n1. The number of nitrogens with zero attached hydrogens (tertiary/aromatic N) is 1. The van der Waals surface area contributed by atoms with Gasteiger partial charge in [-0.3, -0.25) is 4.79 Å². The Balaban J connectivity index is 1.71. The van der Waals surface area contributed by atoms with Gasteiger partial charge in [0, 0.05) is 28.6 Å². The number of nitrogens with one attached hydrogen (secondary N) is 1. The van der Waals surface area contributed by atoms with Gasteiger partial charge in [0.2, 0.25) is 0 Å².